The van der Waals surface area contributed by atoms with E-state index in [1.165, 1.54) is 42.5 Å². The first-order valence-electron chi connectivity index (χ1n) is 9.46. The molecule has 0 saturated heterocycles. The monoisotopic (exact) mass is 491 g/mol. The van der Waals surface area contributed by atoms with Crippen LogP contribution in [-0.4, -0.2) is 20.8 Å². The van der Waals surface area contributed by atoms with Gasteiger partial charge in [-0.05, 0) is 42.5 Å². The molecule has 2 N–H and O–H groups in total. The number of hydrogen-bond acceptors (Lipinski definition) is 3. The van der Waals surface area contributed by atoms with E-state index in [1.807, 2.05) is 0 Å². The summed E-state index contributed by atoms with van der Waals surface area (Å²) in [7, 11) is 0. The molecule has 1 amide bonds. The Balaban J connectivity index is 1.69. The number of halogens is 5. The number of amides is 1. The molecule has 0 aliphatic carbocycles. The van der Waals surface area contributed by atoms with Crippen molar-refractivity contribution in [1.82, 2.24) is 9.78 Å². The quantitative estimate of drug-likeness (QED) is 0.329. The smallest absolute Gasteiger partial charge is 0.435 e. The molecule has 0 fully saturated rings. The predicted molar refractivity (Wildman–Crippen MR) is 120 cm³/mol. The maximum atomic E-state index is 13.4. The van der Waals surface area contributed by atoms with E-state index in [0.29, 0.717) is 5.56 Å². The number of phenols is 1. The van der Waals surface area contributed by atoms with Crippen molar-refractivity contribution in [3.63, 3.8) is 0 Å². The summed E-state index contributed by atoms with van der Waals surface area (Å²) >= 11 is 12.2. The highest BCUT2D eigenvalue weighted by atomic mass is 35.5. The molecule has 0 radical (unpaired) electrons. The van der Waals surface area contributed by atoms with Crippen LogP contribution in [0.2, 0.25) is 10.0 Å². The summed E-state index contributed by atoms with van der Waals surface area (Å²) in [5.41, 5.74) is 0.210. The number of benzene rings is 3. The van der Waals surface area contributed by atoms with Gasteiger partial charge in [0.15, 0.2) is 5.69 Å². The van der Waals surface area contributed by atoms with Gasteiger partial charge in [-0.15, -0.1) is 0 Å². The van der Waals surface area contributed by atoms with Crippen molar-refractivity contribution < 1.29 is 23.1 Å². The molecule has 3 aromatic carbocycles. The Morgan fingerprint density at radius 3 is 2.30 bits per heavy atom. The first kappa shape index (κ1) is 22.7. The van der Waals surface area contributed by atoms with Crippen molar-refractivity contribution in [3.05, 3.63) is 94.1 Å². The van der Waals surface area contributed by atoms with E-state index >= 15 is 0 Å². The normalized spacial score (nSPS) is 11.4. The largest absolute Gasteiger partial charge is 0.508 e. The Bertz CT molecular complexity index is 1340. The Labute approximate surface area is 196 Å². The van der Waals surface area contributed by atoms with E-state index in [1.54, 1.807) is 24.3 Å². The summed E-state index contributed by atoms with van der Waals surface area (Å²) in [5.74, 6) is -0.581. The van der Waals surface area contributed by atoms with E-state index in [2.05, 4.69) is 10.4 Å². The van der Waals surface area contributed by atoms with Gasteiger partial charge in [-0.25, -0.2) is 4.68 Å². The van der Waals surface area contributed by atoms with Crippen LogP contribution in [0.3, 0.4) is 0 Å². The first-order valence-corrected chi connectivity index (χ1v) is 10.2. The van der Waals surface area contributed by atoms with Crippen molar-refractivity contribution in [3.8, 4) is 22.7 Å². The number of hydrogen-bond donors (Lipinski definition) is 2. The fourth-order valence-electron chi connectivity index (χ4n) is 3.13. The van der Waals surface area contributed by atoms with Gasteiger partial charge >= 0.3 is 6.18 Å². The number of nitrogens with one attached hydrogen (secondary N) is 1. The molecule has 4 rings (SSSR count). The molecule has 1 aromatic heterocycles. The van der Waals surface area contributed by atoms with Crippen LogP contribution in [-0.2, 0) is 6.18 Å². The van der Waals surface area contributed by atoms with Crippen LogP contribution in [0.4, 0.5) is 18.9 Å². The number of aromatic hydroxyl groups is 1. The average molecular weight is 492 g/mol. The number of rotatable bonds is 4. The molecule has 0 atom stereocenters. The summed E-state index contributed by atoms with van der Waals surface area (Å²) in [6.45, 7) is 0. The van der Waals surface area contributed by atoms with E-state index < -0.39 is 17.8 Å². The second-order valence-corrected chi connectivity index (χ2v) is 7.79. The molecule has 10 heteroatoms. The summed E-state index contributed by atoms with van der Waals surface area (Å²) in [6, 6.07) is 17.4. The standard InChI is InChI=1S/C23H14Cl2F3N3O2/c24-16-10-9-15(32)11-18(16)29-22(33)14-7-5-13(6-8-14)20-12-21(23(26,27)28)30-31(20)19-4-2-1-3-17(19)25/h1-12,32H,(H,29,33). The van der Waals surface area contributed by atoms with Gasteiger partial charge in [0.05, 0.1) is 27.1 Å². The number of carbonyl (C=O) groups excluding carboxylic acids is 1. The summed E-state index contributed by atoms with van der Waals surface area (Å²) in [4.78, 5) is 12.6. The van der Waals surface area contributed by atoms with Crippen molar-refractivity contribution in [2.45, 2.75) is 6.18 Å². The van der Waals surface area contributed by atoms with Crippen molar-refractivity contribution in [1.29, 1.82) is 0 Å². The summed E-state index contributed by atoms with van der Waals surface area (Å²) < 4.78 is 41.2. The van der Waals surface area contributed by atoms with Crippen LogP contribution < -0.4 is 5.32 Å². The molecule has 4 aromatic rings. The molecule has 0 saturated carbocycles. The lowest BCUT2D eigenvalue weighted by atomic mass is 10.1. The predicted octanol–water partition coefficient (Wildman–Crippen LogP) is 6.82. The molecule has 33 heavy (non-hydrogen) atoms. The Hall–Kier alpha value is -3.49. The van der Waals surface area contributed by atoms with Gasteiger partial charge in [0.2, 0.25) is 0 Å². The number of nitrogens with zero attached hydrogens (tertiary/aromatic N) is 2. The molecule has 0 aliphatic heterocycles. The summed E-state index contributed by atoms with van der Waals surface area (Å²) in [6.07, 6.45) is -4.65. The van der Waals surface area contributed by atoms with Gasteiger partial charge in [0.1, 0.15) is 5.75 Å². The molecule has 168 valence electrons. The highest BCUT2D eigenvalue weighted by Crippen LogP contribution is 2.35. The fraction of sp³-hybridized carbons (Fsp3) is 0.0435. The molecule has 5 nitrogen and oxygen atoms in total. The zero-order valence-electron chi connectivity index (χ0n) is 16.6. The second-order valence-electron chi connectivity index (χ2n) is 6.97. The average Bonchev–Trinajstić information content (AvgIpc) is 3.22. The third-order valence-electron chi connectivity index (χ3n) is 4.72. The first-order chi connectivity index (χ1) is 15.6. The van der Waals surface area contributed by atoms with Crippen LogP contribution in [0.15, 0.2) is 72.8 Å². The number of anilines is 1. The van der Waals surface area contributed by atoms with Crippen LogP contribution in [0.5, 0.6) is 5.75 Å². The van der Waals surface area contributed by atoms with E-state index in [-0.39, 0.29) is 38.4 Å². The molecular weight excluding hydrogens is 478 g/mol. The lowest BCUT2D eigenvalue weighted by Gasteiger charge is -2.11. The van der Waals surface area contributed by atoms with E-state index in [0.717, 1.165) is 10.7 Å². The third kappa shape index (κ3) is 4.81. The number of phenolic OH excluding ortho intramolecular Hbond substituents is 1. The van der Waals surface area contributed by atoms with Crippen molar-refractivity contribution in [2.75, 3.05) is 5.32 Å². The molecule has 0 aliphatic rings. The second kappa shape index (κ2) is 8.80. The van der Waals surface area contributed by atoms with Crippen molar-refractivity contribution in [2.24, 2.45) is 0 Å². The van der Waals surface area contributed by atoms with E-state index in [9.17, 15) is 23.1 Å². The molecule has 0 bridgehead atoms. The zero-order valence-corrected chi connectivity index (χ0v) is 18.1. The maximum absolute atomic E-state index is 13.4. The van der Waals surface area contributed by atoms with Crippen LogP contribution in [0, 0.1) is 0 Å². The Kier molecular flexibility index (Phi) is 6.05. The Morgan fingerprint density at radius 2 is 1.64 bits per heavy atom. The summed E-state index contributed by atoms with van der Waals surface area (Å²) in [5, 5.41) is 16.3. The van der Waals surface area contributed by atoms with Gasteiger partial charge < -0.3 is 10.4 Å². The molecule has 0 spiro atoms. The third-order valence-corrected chi connectivity index (χ3v) is 5.37. The minimum Gasteiger partial charge on any atom is -0.508 e. The number of aromatic nitrogens is 2. The SMILES string of the molecule is O=C(Nc1cc(O)ccc1Cl)c1ccc(-c2cc(C(F)(F)F)nn2-c2ccccc2Cl)cc1. The lowest BCUT2D eigenvalue weighted by molar-refractivity contribution is -0.141. The van der Waals surface area contributed by atoms with Crippen LogP contribution >= 0.6 is 23.2 Å². The van der Waals surface area contributed by atoms with Gasteiger partial charge in [-0.1, -0.05) is 47.5 Å². The van der Waals surface area contributed by atoms with Gasteiger partial charge in [-0.2, -0.15) is 18.3 Å². The number of para-hydroxylation sites is 1. The van der Waals surface area contributed by atoms with Crippen LogP contribution in [0.1, 0.15) is 16.1 Å². The van der Waals surface area contributed by atoms with Gasteiger partial charge in [0, 0.05) is 17.2 Å². The highest BCUT2D eigenvalue weighted by Gasteiger charge is 2.35. The topological polar surface area (TPSA) is 67.2 Å². The number of carbonyl (C=O) groups is 1. The van der Waals surface area contributed by atoms with Crippen molar-refractivity contribution >= 4 is 34.8 Å². The molecule has 1 heterocycles. The van der Waals surface area contributed by atoms with Gasteiger partial charge in [0.25, 0.3) is 5.91 Å². The van der Waals surface area contributed by atoms with Gasteiger partial charge in [-0.3, -0.25) is 4.79 Å². The fourth-order valence-corrected chi connectivity index (χ4v) is 3.51. The van der Waals surface area contributed by atoms with E-state index in [4.69, 9.17) is 23.2 Å². The minimum atomic E-state index is -4.65. The highest BCUT2D eigenvalue weighted by molar-refractivity contribution is 6.34. The molecular formula is C23H14Cl2F3N3O2. The Morgan fingerprint density at radius 1 is 0.939 bits per heavy atom. The van der Waals surface area contributed by atoms with Crippen LogP contribution in [0.25, 0.3) is 16.9 Å². The maximum Gasteiger partial charge on any atom is 0.435 e. The molecule has 0 unspecified atom stereocenters. The minimum absolute atomic E-state index is 0.0710. The number of alkyl halides is 3. The zero-order chi connectivity index (χ0) is 23.8. The lowest BCUT2D eigenvalue weighted by Crippen LogP contribution is -2.12.